The second-order valence-corrected chi connectivity index (χ2v) is 5.76. The molecular weight excluding hydrogens is 304 g/mol. The molecule has 0 spiro atoms. The normalized spacial score (nSPS) is 14.3. The average Bonchev–Trinajstić information content (AvgIpc) is 3.34. The van der Waals surface area contributed by atoms with Gasteiger partial charge in [-0.3, -0.25) is 0 Å². The topological polar surface area (TPSA) is 94.0 Å². The molecule has 0 unspecified atom stereocenters. The Bertz CT molecular complexity index is 823. The van der Waals surface area contributed by atoms with Crippen molar-refractivity contribution < 1.29 is 4.52 Å². The second kappa shape index (κ2) is 6.37. The van der Waals surface area contributed by atoms with Gasteiger partial charge in [0.05, 0.1) is 0 Å². The fourth-order valence-corrected chi connectivity index (χ4v) is 2.77. The monoisotopic (exact) mass is 322 g/mol. The number of nitrogens with zero attached hydrogens (tertiary/aromatic N) is 5. The van der Waals surface area contributed by atoms with Gasteiger partial charge >= 0.3 is 0 Å². The lowest BCUT2D eigenvalue weighted by Gasteiger charge is -2.14. The summed E-state index contributed by atoms with van der Waals surface area (Å²) >= 11 is 0. The van der Waals surface area contributed by atoms with E-state index in [0.717, 1.165) is 30.2 Å². The predicted molar refractivity (Wildman–Crippen MR) is 90.1 cm³/mol. The quantitative estimate of drug-likeness (QED) is 0.787. The lowest BCUT2D eigenvalue weighted by atomic mass is 10.1. The van der Waals surface area contributed by atoms with Gasteiger partial charge in [-0.25, -0.2) is 9.97 Å². The summed E-state index contributed by atoms with van der Waals surface area (Å²) in [5.74, 6) is 1.66. The molecule has 24 heavy (non-hydrogen) atoms. The predicted octanol–water partition coefficient (Wildman–Crippen LogP) is 2.25. The van der Waals surface area contributed by atoms with Crippen molar-refractivity contribution in [2.75, 3.05) is 18.0 Å². The molecular formula is C17H18N6O. The summed E-state index contributed by atoms with van der Waals surface area (Å²) in [5.41, 5.74) is 8.21. The molecule has 2 aromatic heterocycles. The van der Waals surface area contributed by atoms with E-state index in [4.69, 9.17) is 10.3 Å². The van der Waals surface area contributed by atoms with Crippen LogP contribution in [0.3, 0.4) is 0 Å². The Morgan fingerprint density at radius 1 is 1.04 bits per heavy atom. The molecule has 7 nitrogen and oxygen atoms in total. The van der Waals surface area contributed by atoms with Crippen molar-refractivity contribution in [3.05, 3.63) is 42.1 Å². The molecule has 0 amide bonds. The Morgan fingerprint density at radius 2 is 1.83 bits per heavy atom. The first kappa shape index (κ1) is 14.8. The van der Waals surface area contributed by atoms with Crippen LogP contribution in [0.2, 0.25) is 0 Å². The Balaban J connectivity index is 1.61. The Morgan fingerprint density at radius 3 is 2.58 bits per heavy atom. The standard InChI is InChI=1S/C17H18N6O/c18-11-12-3-5-13(6-4-12)15-21-16(24-22-15)14-7-8-19-17(20-14)23-9-1-2-10-23/h3-8H,1-2,9-11,18H2. The van der Waals surface area contributed by atoms with E-state index in [2.05, 4.69) is 25.0 Å². The van der Waals surface area contributed by atoms with Crippen molar-refractivity contribution in [1.29, 1.82) is 0 Å². The Hall–Kier alpha value is -2.80. The minimum Gasteiger partial charge on any atom is -0.341 e. The largest absolute Gasteiger partial charge is 0.341 e. The number of rotatable bonds is 4. The van der Waals surface area contributed by atoms with Crippen molar-refractivity contribution >= 4 is 5.95 Å². The van der Waals surface area contributed by atoms with Crippen molar-refractivity contribution in [2.24, 2.45) is 5.73 Å². The van der Waals surface area contributed by atoms with E-state index in [0.29, 0.717) is 24.0 Å². The maximum Gasteiger partial charge on any atom is 0.277 e. The van der Waals surface area contributed by atoms with Crippen LogP contribution in [0.5, 0.6) is 0 Å². The first-order chi connectivity index (χ1) is 11.8. The maximum absolute atomic E-state index is 5.62. The van der Waals surface area contributed by atoms with E-state index in [1.807, 2.05) is 24.3 Å². The fourth-order valence-electron chi connectivity index (χ4n) is 2.77. The SMILES string of the molecule is NCc1ccc(-c2noc(-c3ccnc(N4CCCC4)n3)n2)cc1. The second-order valence-electron chi connectivity index (χ2n) is 5.76. The molecule has 0 bridgehead atoms. The van der Waals surface area contributed by atoms with Gasteiger partial charge in [0, 0.05) is 31.4 Å². The number of hydrogen-bond acceptors (Lipinski definition) is 7. The summed E-state index contributed by atoms with van der Waals surface area (Å²) in [5, 5.41) is 4.05. The molecule has 1 aromatic carbocycles. The molecule has 4 rings (SSSR count). The molecule has 0 aliphatic carbocycles. The smallest absolute Gasteiger partial charge is 0.277 e. The van der Waals surface area contributed by atoms with Gasteiger partial charge in [-0.15, -0.1) is 0 Å². The molecule has 0 radical (unpaired) electrons. The Labute approximate surface area is 139 Å². The van der Waals surface area contributed by atoms with Crippen LogP contribution in [-0.2, 0) is 6.54 Å². The van der Waals surface area contributed by atoms with Gasteiger partial charge in [-0.1, -0.05) is 29.4 Å². The highest BCUT2D eigenvalue weighted by Crippen LogP contribution is 2.23. The number of nitrogens with two attached hydrogens (primary N) is 1. The van der Waals surface area contributed by atoms with Crippen molar-refractivity contribution in [3.8, 4) is 23.0 Å². The van der Waals surface area contributed by atoms with Crippen molar-refractivity contribution in [3.63, 3.8) is 0 Å². The third kappa shape index (κ3) is 2.85. The van der Waals surface area contributed by atoms with E-state index in [9.17, 15) is 0 Å². The summed E-state index contributed by atoms with van der Waals surface area (Å²) in [6.07, 6.45) is 4.09. The zero-order valence-corrected chi connectivity index (χ0v) is 13.2. The van der Waals surface area contributed by atoms with Crippen LogP contribution in [0, 0.1) is 0 Å². The van der Waals surface area contributed by atoms with Crippen LogP contribution < -0.4 is 10.6 Å². The first-order valence-corrected chi connectivity index (χ1v) is 8.05. The summed E-state index contributed by atoms with van der Waals surface area (Å²) in [6, 6.07) is 9.58. The van der Waals surface area contributed by atoms with Gasteiger partial charge in [0.25, 0.3) is 5.89 Å². The molecule has 1 fully saturated rings. The molecule has 1 saturated heterocycles. The van der Waals surface area contributed by atoms with E-state index < -0.39 is 0 Å². The zero-order valence-electron chi connectivity index (χ0n) is 13.2. The summed E-state index contributed by atoms with van der Waals surface area (Å²) in [6.45, 7) is 2.50. The number of benzene rings is 1. The van der Waals surface area contributed by atoms with Gasteiger partial charge in [-0.2, -0.15) is 4.98 Å². The molecule has 1 aliphatic heterocycles. The van der Waals surface area contributed by atoms with Crippen LogP contribution in [-0.4, -0.2) is 33.2 Å². The highest BCUT2D eigenvalue weighted by atomic mass is 16.5. The third-order valence-corrected chi connectivity index (χ3v) is 4.12. The van der Waals surface area contributed by atoms with Gasteiger partial charge < -0.3 is 15.2 Å². The van der Waals surface area contributed by atoms with Gasteiger partial charge in [0.1, 0.15) is 5.69 Å². The lowest BCUT2D eigenvalue weighted by molar-refractivity contribution is 0.431. The minimum absolute atomic E-state index is 0.399. The molecule has 3 aromatic rings. The number of hydrogen-bond donors (Lipinski definition) is 1. The summed E-state index contributed by atoms with van der Waals surface area (Å²) < 4.78 is 5.38. The third-order valence-electron chi connectivity index (χ3n) is 4.12. The van der Waals surface area contributed by atoms with Gasteiger partial charge in [0.15, 0.2) is 0 Å². The lowest BCUT2D eigenvalue weighted by Crippen LogP contribution is -2.20. The molecule has 2 N–H and O–H groups in total. The van der Waals surface area contributed by atoms with Crippen LogP contribution in [0.4, 0.5) is 5.95 Å². The van der Waals surface area contributed by atoms with Crippen LogP contribution in [0.25, 0.3) is 23.0 Å². The van der Waals surface area contributed by atoms with Crippen molar-refractivity contribution in [2.45, 2.75) is 19.4 Å². The molecule has 3 heterocycles. The minimum atomic E-state index is 0.399. The van der Waals surface area contributed by atoms with E-state index in [1.54, 1.807) is 12.3 Å². The van der Waals surface area contributed by atoms with Crippen LogP contribution >= 0.6 is 0 Å². The molecule has 0 atom stereocenters. The fraction of sp³-hybridized carbons (Fsp3) is 0.294. The average molecular weight is 322 g/mol. The highest BCUT2D eigenvalue weighted by Gasteiger charge is 2.17. The van der Waals surface area contributed by atoms with E-state index in [-0.39, 0.29) is 0 Å². The van der Waals surface area contributed by atoms with Crippen molar-refractivity contribution in [1.82, 2.24) is 20.1 Å². The van der Waals surface area contributed by atoms with Crippen LogP contribution in [0.15, 0.2) is 41.1 Å². The molecule has 122 valence electrons. The molecule has 1 aliphatic rings. The molecule has 7 heteroatoms. The zero-order chi connectivity index (χ0) is 16.4. The number of anilines is 1. The van der Waals surface area contributed by atoms with E-state index in [1.165, 1.54) is 12.8 Å². The Kier molecular flexibility index (Phi) is 3.92. The van der Waals surface area contributed by atoms with Crippen LogP contribution in [0.1, 0.15) is 18.4 Å². The highest BCUT2D eigenvalue weighted by molar-refractivity contribution is 5.58. The molecule has 0 saturated carbocycles. The first-order valence-electron chi connectivity index (χ1n) is 8.05. The van der Waals surface area contributed by atoms with Gasteiger partial charge in [-0.05, 0) is 24.5 Å². The number of aromatic nitrogens is 4. The maximum atomic E-state index is 5.62. The summed E-state index contributed by atoms with van der Waals surface area (Å²) in [4.78, 5) is 15.5. The summed E-state index contributed by atoms with van der Waals surface area (Å²) in [7, 11) is 0. The van der Waals surface area contributed by atoms with E-state index >= 15 is 0 Å². The van der Waals surface area contributed by atoms with Gasteiger partial charge in [0.2, 0.25) is 11.8 Å².